The lowest BCUT2D eigenvalue weighted by Crippen LogP contribution is -1.89. The first-order valence-electron chi connectivity index (χ1n) is 5.02. The fourth-order valence-corrected chi connectivity index (χ4v) is 1.22. The van der Waals surface area contributed by atoms with E-state index in [0.717, 1.165) is 17.6 Å². The summed E-state index contributed by atoms with van der Waals surface area (Å²) in [4.78, 5) is 10.3. The van der Waals surface area contributed by atoms with Gasteiger partial charge < -0.3 is 9.53 Å². The summed E-state index contributed by atoms with van der Waals surface area (Å²) in [5.41, 5.74) is 1.12. The molecule has 0 heterocycles. The molecule has 2 nitrogen and oxygen atoms in total. The standard InChI is InChI=1S/C13H16O2/c1-11(9-10-14)3-4-12-5-7-13(15-2)8-6-12/h3-8,10-11H,9H2,1-2H3/b4-3+/t11-/m0/s1. The van der Waals surface area contributed by atoms with E-state index in [4.69, 9.17) is 4.74 Å². The first-order chi connectivity index (χ1) is 7.26. The van der Waals surface area contributed by atoms with E-state index >= 15 is 0 Å². The molecule has 0 amide bonds. The number of aldehydes is 1. The van der Waals surface area contributed by atoms with Crippen LogP contribution in [-0.2, 0) is 4.79 Å². The Balaban J connectivity index is 2.60. The van der Waals surface area contributed by atoms with Gasteiger partial charge in [-0.25, -0.2) is 0 Å². The van der Waals surface area contributed by atoms with Crippen LogP contribution >= 0.6 is 0 Å². The van der Waals surface area contributed by atoms with Crippen molar-refractivity contribution in [2.75, 3.05) is 7.11 Å². The molecule has 0 N–H and O–H groups in total. The van der Waals surface area contributed by atoms with Gasteiger partial charge in [-0.1, -0.05) is 31.2 Å². The molecule has 0 aliphatic carbocycles. The van der Waals surface area contributed by atoms with Crippen LogP contribution in [0.3, 0.4) is 0 Å². The van der Waals surface area contributed by atoms with E-state index in [1.54, 1.807) is 7.11 Å². The predicted molar refractivity (Wildman–Crippen MR) is 61.9 cm³/mol. The molecule has 0 fully saturated rings. The van der Waals surface area contributed by atoms with Gasteiger partial charge in [0.1, 0.15) is 12.0 Å². The molecule has 15 heavy (non-hydrogen) atoms. The fraction of sp³-hybridized carbons (Fsp3) is 0.308. The van der Waals surface area contributed by atoms with Crippen molar-refractivity contribution in [1.29, 1.82) is 0 Å². The van der Waals surface area contributed by atoms with E-state index in [-0.39, 0.29) is 0 Å². The third kappa shape index (κ3) is 3.98. The molecule has 2 heteroatoms. The summed E-state index contributed by atoms with van der Waals surface area (Å²) in [5, 5.41) is 0. The largest absolute Gasteiger partial charge is 0.497 e. The lowest BCUT2D eigenvalue weighted by atomic mass is 10.1. The molecule has 1 atom stereocenters. The van der Waals surface area contributed by atoms with Crippen LogP contribution in [-0.4, -0.2) is 13.4 Å². The van der Waals surface area contributed by atoms with Crippen molar-refractivity contribution in [2.24, 2.45) is 5.92 Å². The summed E-state index contributed by atoms with van der Waals surface area (Å²) in [7, 11) is 1.65. The highest BCUT2D eigenvalue weighted by Gasteiger charge is 1.95. The van der Waals surface area contributed by atoms with E-state index in [1.165, 1.54) is 0 Å². The minimum absolute atomic E-state index is 0.296. The molecule has 0 unspecified atom stereocenters. The summed E-state index contributed by atoms with van der Waals surface area (Å²) in [5.74, 6) is 1.15. The number of methoxy groups -OCH3 is 1. The monoisotopic (exact) mass is 204 g/mol. The second kappa shape index (κ2) is 6.02. The van der Waals surface area contributed by atoms with Gasteiger partial charge in [0.2, 0.25) is 0 Å². The van der Waals surface area contributed by atoms with E-state index in [9.17, 15) is 4.79 Å². The smallest absolute Gasteiger partial charge is 0.120 e. The van der Waals surface area contributed by atoms with Crippen molar-refractivity contribution in [3.8, 4) is 5.75 Å². The second-order valence-electron chi connectivity index (χ2n) is 3.51. The average Bonchev–Trinajstić information content (AvgIpc) is 2.27. The molecule has 0 bridgehead atoms. The fourth-order valence-electron chi connectivity index (χ4n) is 1.22. The van der Waals surface area contributed by atoms with Crippen molar-refractivity contribution < 1.29 is 9.53 Å². The lowest BCUT2D eigenvalue weighted by Gasteiger charge is -2.01. The zero-order valence-corrected chi connectivity index (χ0v) is 9.14. The number of carbonyl (C=O) groups is 1. The second-order valence-corrected chi connectivity index (χ2v) is 3.51. The normalized spacial score (nSPS) is 12.7. The number of ether oxygens (including phenoxy) is 1. The van der Waals surface area contributed by atoms with Crippen LogP contribution in [0.5, 0.6) is 5.75 Å². The minimum Gasteiger partial charge on any atom is -0.497 e. The van der Waals surface area contributed by atoms with E-state index in [0.29, 0.717) is 12.3 Å². The zero-order valence-electron chi connectivity index (χ0n) is 9.14. The van der Waals surface area contributed by atoms with Crippen molar-refractivity contribution >= 4 is 12.4 Å². The molecule has 0 aliphatic rings. The number of benzene rings is 1. The number of hydrogen-bond donors (Lipinski definition) is 0. The molecule has 1 rings (SSSR count). The molecular formula is C13H16O2. The van der Waals surface area contributed by atoms with Crippen LogP contribution < -0.4 is 4.74 Å². The Morgan fingerprint density at radius 3 is 2.53 bits per heavy atom. The maximum atomic E-state index is 10.3. The maximum Gasteiger partial charge on any atom is 0.120 e. The van der Waals surface area contributed by atoms with Crippen molar-refractivity contribution in [3.05, 3.63) is 35.9 Å². The van der Waals surface area contributed by atoms with Crippen LogP contribution in [0.2, 0.25) is 0 Å². The molecule has 0 radical (unpaired) electrons. The average molecular weight is 204 g/mol. The number of carbonyl (C=O) groups excluding carboxylic acids is 1. The van der Waals surface area contributed by atoms with E-state index < -0.39 is 0 Å². The highest BCUT2D eigenvalue weighted by atomic mass is 16.5. The van der Waals surface area contributed by atoms with Crippen LogP contribution in [0.25, 0.3) is 6.08 Å². The topological polar surface area (TPSA) is 26.3 Å². The van der Waals surface area contributed by atoms with Gasteiger partial charge in [0.25, 0.3) is 0 Å². The van der Waals surface area contributed by atoms with Crippen molar-refractivity contribution in [2.45, 2.75) is 13.3 Å². The van der Waals surface area contributed by atoms with Gasteiger partial charge in [0, 0.05) is 6.42 Å². The zero-order chi connectivity index (χ0) is 11.1. The molecular weight excluding hydrogens is 188 g/mol. The Kier molecular flexibility index (Phi) is 4.61. The van der Waals surface area contributed by atoms with E-state index in [1.807, 2.05) is 43.3 Å². The molecule has 0 aromatic heterocycles. The third-order valence-corrected chi connectivity index (χ3v) is 2.20. The first kappa shape index (κ1) is 11.5. The van der Waals surface area contributed by atoms with Crippen LogP contribution in [0, 0.1) is 5.92 Å². The van der Waals surface area contributed by atoms with Gasteiger partial charge in [-0.05, 0) is 23.6 Å². The number of rotatable bonds is 5. The van der Waals surface area contributed by atoms with Gasteiger partial charge in [0.15, 0.2) is 0 Å². The Morgan fingerprint density at radius 2 is 2.00 bits per heavy atom. The van der Waals surface area contributed by atoms with Gasteiger partial charge in [-0.15, -0.1) is 0 Å². The summed E-state index contributed by atoms with van der Waals surface area (Å²) < 4.78 is 5.06. The van der Waals surface area contributed by atoms with Gasteiger partial charge >= 0.3 is 0 Å². The van der Waals surface area contributed by atoms with E-state index in [2.05, 4.69) is 0 Å². The summed E-state index contributed by atoms with van der Waals surface area (Å²) in [6, 6.07) is 7.82. The highest BCUT2D eigenvalue weighted by Crippen LogP contribution is 2.13. The van der Waals surface area contributed by atoms with Gasteiger partial charge in [-0.3, -0.25) is 0 Å². The summed E-state index contributed by atoms with van der Waals surface area (Å²) in [6.07, 6.45) is 5.58. The third-order valence-electron chi connectivity index (χ3n) is 2.20. The Bertz CT molecular complexity index is 325. The van der Waals surface area contributed by atoms with Crippen LogP contribution in [0.1, 0.15) is 18.9 Å². The lowest BCUT2D eigenvalue weighted by molar-refractivity contribution is -0.108. The molecule has 80 valence electrons. The number of allylic oxidation sites excluding steroid dienone is 1. The summed E-state index contributed by atoms with van der Waals surface area (Å²) >= 11 is 0. The molecule has 1 aromatic rings. The SMILES string of the molecule is COc1ccc(/C=C/[C@H](C)CC=O)cc1. The van der Waals surface area contributed by atoms with Crippen molar-refractivity contribution in [1.82, 2.24) is 0 Å². The molecule has 0 saturated heterocycles. The molecule has 0 spiro atoms. The van der Waals surface area contributed by atoms with Gasteiger partial charge in [-0.2, -0.15) is 0 Å². The van der Waals surface area contributed by atoms with Crippen molar-refractivity contribution in [3.63, 3.8) is 0 Å². The van der Waals surface area contributed by atoms with Crippen LogP contribution in [0.4, 0.5) is 0 Å². The first-order valence-corrected chi connectivity index (χ1v) is 5.02. The highest BCUT2D eigenvalue weighted by molar-refractivity contribution is 5.53. The van der Waals surface area contributed by atoms with Gasteiger partial charge in [0.05, 0.1) is 7.11 Å². The Hall–Kier alpha value is -1.57. The molecule has 1 aromatic carbocycles. The predicted octanol–water partition coefficient (Wildman–Crippen LogP) is 2.93. The summed E-state index contributed by atoms with van der Waals surface area (Å²) in [6.45, 7) is 2.02. The molecule has 0 aliphatic heterocycles. The quantitative estimate of drug-likeness (QED) is 0.689. The Morgan fingerprint density at radius 1 is 1.33 bits per heavy atom. The molecule has 0 saturated carbocycles. The maximum absolute atomic E-state index is 10.3. The number of hydrogen-bond acceptors (Lipinski definition) is 2. The minimum atomic E-state index is 0.296. The van der Waals surface area contributed by atoms with Crippen LogP contribution in [0.15, 0.2) is 30.3 Å². The Labute approximate surface area is 90.6 Å².